The van der Waals surface area contributed by atoms with E-state index in [1.54, 1.807) is 0 Å². The van der Waals surface area contributed by atoms with Crippen molar-refractivity contribution < 1.29 is 4.79 Å². The van der Waals surface area contributed by atoms with Crippen molar-refractivity contribution in [2.24, 2.45) is 5.92 Å². The molecule has 0 saturated carbocycles. The predicted molar refractivity (Wildman–Crippen MR) is 85.2 cm³/mol. The van der Waals surface area contributed by atoms with E-state index in [0.717, 1.165) is 19.5 Å². The third-order valence-electron chi connectivity index (χ3n) is 3.57. The van der Waals surface area contributed by atoms with Gasteiger partial charge in [-0.25, -0.2) is 0 Å². The highest BCUT2D eigenvalue weighted by Crippen LogP contribution is 2.16. The van der Waals surface area contributed by atoms with Gasteiger partial charge < -0.3 is 5.32 Å². The molecule has 112 valence electrons. The molecular formula is C16H25ClN2O. The number of nitrogens with one attached hydrogen (secondary N) is 1. The predicted octanol–water partition coefficient (Wildman–Crippen LogP) is 2.50. The van der Waals surface area contributed by atoms with Gasteiger partial charge in [0.25, 0.3) is 0 Å². The van der Waals surface area contributed by atoms with Gasteiger partial charge in [-0.1, -0.05) is 44.2 Å². The molecule has 1 aliphatic heterocycles. The van der Waals surface area contributed by atoms with Crippen LogP contribution in [-0.4, -0.2) is 36.4 Å². The lowest BCUT2D eigenvalue weighted by Crippen LogP contribution is -2.40. The van der Waals surface area contributed by atoms with Crippen LogP contribution in [0.25, 0.3) is 0 Å². The zero-order valence-electron chi connectivity index (χ0n) is 12.3. The first-order valence-electron chi connectivity index (χ1n) is 7.15. The number of hydrogen-bond donors (Lipinski definition) is 1. The Morgan fingerprint density at radius 3 is 2.65 bits per heavy atom. The molecule has 4 heteroatoms. The number of halogens is 1. The fourth-order valence-electron chi connectivity index (χ4n) is 2.70. The molecule has 1 aliphatic rings. The van der Waals surface area contributed by atoms with E-state index < -0.39 is 0 Å². The molecule has 1 saturated heterocycles. The molecule has 1 aromatic rings. The fourth-order valence-corrected chi connectivity index (χ4v) is 2.70. The average Bonchev–Trinajstić information content (AvgIpc) is 2.53. The summed E-state index contributed by atoms with van der Waals surface area (Å²) in [5.41, 5.74) is 1.28. The zero-order valence-corrected chi connectivity index (χ0v) is 13.2. The van der Waals surface area contributed by atoms with Crippen LogP contribution in [0, 0.1) is 5.92 Å². The summed E-state index contributed by atoms with van der Waals surface area (Å²) >= 11 is 0. The summed E-state index contributed by atoms with van der Waals surface area (Å²) in [6.07, 6.45) is 1.13. The molecule has 20 heavy (non-hydrogen) atoms. The summed E-state index contributed by atoms with van der Waals surface area (Å²) in [6, 6.07) is 10.9. The lowest BCUT2D eigenvalue weighted by Gasteiger charge is -2.30. The van der Waals surface area contributed by atoms with Gasteiger partial charge in [-0.15, -0.1) is 12.4 Å². The van der Waals surface area contributed by atoms with E-state index in [1.165, 1.54) is 5.56 Å². The van der Waals surface area contributed by atoms with Crippen LogP contribution >= 0.6 is 12.4 Å². The third kappa shape index (κ3) is 5.23. The van der Waals surface area contributed by atoms with Crippen LogP contribution in [0.2, 0.25) is 0 Å². The molecule has 0 bridgehead atoms. The van der Waals surface area contributed by atoms with Gasteiger partial charge in [0.05, 0.1) is 13.1 Å². The molecule has 1 atom stereocenters. The molecule has 0 amide bonds. The lowest BCUT2D eigenvalue weighted by molar-refractivity contribution is -0.119. The Balaban J connectivity index is 0.00000200. The Kier molecular flexibility index (Phi) is 7.20. The molecule has 3 nitrogen and oxygen atoms in total. The molecule has 0 aliphatic carbocycles. The second-order valence-corrected chi connectivity index (χ2v) is 5.84. The van der Waals surface area contributed by atoms with Gasteiger partial charge >= 0.3 is 0 Å². The number of rotatable bonds is 4. The maximum absolute atomic E-state index is 11.8. The maximum atomic E-state index is 11.8. The SMILES string of the molecule is CC(C)C[C@H]1CNCC(=O)CN1Cc1ccccc1.Cl. The van der Waals surface area contributed by atoms with Crippen LogP contribution in [0.4, 0.5) is 0 Å². The monoisotopic (exact) mass is 296 g/mol. The van der Waals surface area contributed by atoms with Crippen LogP contribution in [0.15, 0.2) is 30.3 Å². The second-order valence-electron chi connectivity index (χ2n) is 5.84. The van der Waals surface area contributed by atoms with E-state index in [-0.39, 0.29) is 12.4 Å². The zero-order chi connectivity index (χ0) is 13.7. The van der Waals surface area contributed by atoms with E-state index in [2.05, 4.69) is 48.3 Å². The number of nitrogens with zero attached hydrogens (tertiary/aromatic N) is 1. The Bertz CT molecular complexity index is 408. The Morgan fingerprint density at radius 1 is 1.30 bits per heavy atom. The maximum Gasteiger partial charge on any atom is 0.160 e. The Morgan fingerprint density at radius 2 is 2.00 bits per heavy atom. The quantitative estimate of drug-likeness (QED) is 0.926. The van der Waals surface area contributed by atoms with Gasteiger partial charge in [0, 0.05) is 19.1 Å². The van der Waals surface area contributed by atoms with E-state index in [0.29, 0.717) is 30.8 Å². The minimum atomic E-state index is 0. The second kappa shape index (κ2) is 8.40. The van der Waals surface area contributed by atoms with Gasteiger partial charge in [-0.05, 0) is 17.9 Å². The molecule has 1 fully saturated rings. The molecular weight excluding hydrogens is 272 g/mol. The van der Waals surface area contributed by atoms with Gasteiger partial charge in [0.2, 0.25) is 0 Å². The number of carbonyl (C=O) groups excluding carboxylic acids is 1. The third-order valence-corrected chi connectivity index (χ3v) is 3.57. The Hall–Kier alpha value is -0.900. The Labute approximate surface area is 128 Å². The molecule has 0 aromatic heterocycles. The van der Waals surface area contributed by atoms with Crippen molar-refractivity contribution in [1.29, 1.82) is 0 Å². The summed E-state index contributed by atoms with van der Waals surface area (Å²) in [4.78, 5) is 14.1. The topological polar surface area (TPSA) is 32.3 Å². The fraction of sp³-hybridized carbons (Fsp3) is 0.562. The first kappa shape index (κ1) is 17.2. The molecule has 0 radical (unpaired) electrons. The lowest BCUT2D eigenvalue weighted by atomic mass is 10.0. The van der Waals surface area contributed by atoms with E-state index >= 15 is 0 Å². The van der Waals surface area contributed by atoms with Crippen LogP contribution in [-0.2, 0) is 11.3 Å². The number of Topliss-reactive ketones (excluding diaryl/α,β-unsaturated/α-hetero) is 1. The van der Waals surface area contributed by atoms with Crippen molar-refractivity contribution >= 4 is 18.2 Å². The minimum Gasteiger partial charge on any atom is -0.308 e. The molecule has 0 unspecified atom stereocenters. The van der Waals surface area contributed by atoms with Gasteiger partial charge in [0.1, 0.15) is 0 Å². The van der Waals surface area contributed by atoms with Crippen LogP contribution in [0.1, 0.15) is 25.8 Å². The van der Waals surface area contributed by atoms with Crippen molar-refractivity contribution in [3.8, 4) is 0 Å². The molecule has 1 N–H and O–H groups in total. The highest BCUT2D eigenvalue weighted by Gasteiger charge is 2.24. The van der Waals surface area contributed by atoms with Crippen molar-refractivity contribution in [2.75, 3.05) is 19.6 Å². The first-order valence-corrected chi connectivity index (χ1v) is 7.15. The van der Waals surface area contributed by atoms with Crippen molar-refractivity contribution in [1.82, 2.24) is 10.2 Å². The molecule has 1 aromatic carbocycles. The van der Waals surface area contributed by atoms with E-state index in [9.17, 15) is 4.79 Å². The number of ketones is 1. The molecule has 1 heterocycles. The molecule has 0 spiro atoms. The van der Waals surface area contributed by atoms with E-state index in [4.69, 9.17) is 0 Å². The van der Waals surface area contributed by atoms with Gasteiger partial charge in [0.15, 0.2) is 5.78 Å². The summed E-state index contributed by atoms with van der Waals surface area (Å²) in [5.74, 6) is 0.945. The number of carbonyl (C=O) groups is 1. The highest BCUT2D eigenvalue weighted by atomic mass is 35.5. The molecule has 2 rings (SSSR count). The summed E-state index contributed by atoms with van der Waals surface area (Å²) in [6.45, 7) is 7.35. The van der Waals surface area contributed by atoms with Crippen molar-refractivity contribution in [2.45, 2.75) is 32.9 Å². The number of benzene rings is 1. The van der Waals surface area contributed by atoms with Crippen LogP contribution in [0.5, 0.6) is 0 Å². The van der Waals surface area contributed by atoms with E-state index in [1.807, 2.05) is 6.07 Å². The smallest absolute Gasteiger partial charge is 0.160 e. The average molecular weight is 297 g/mol. The summed E-state index contributed by atoms with van der Waals surface area (Å²) in [7, 11) is 0. The van der Waals surface area contributed by atoms with Crippen LogP contribution < -0.4 is 5.32 Å². The normalized spacial score (nSPS) is 20.6. The highest BCUT2D eigenvalue weighted by molar-refractivity contribution is 5.85. The van der Waals surface area contributed by atoms with Crippen LogP contribution in [0.3, 0.4) is 0 Å². The largest absolute Gasteiger partial charge is 0.308 e. The van der Waals surface area contributed by atoms with Crippen molar-refractivity contribution in [3.05, 3.63) is 35.9 Å². The summed E-state index contributed by atoms with van der Waals surface area (Å²) in [5, 5.41) is 3.28. The standard InChI is InChI=1S/C16H24N2O.ClH/c1-13(2)8-15-9-17-10-16(19)12-18(15)11-14-6-4-3-5-7-14;/h3-7,13,15,17H,8-12H2,1-2H3;1H/t15-;/m0./s1. The van der Waals surface area contributed by atoms with Crippen molar-refractivity contribution in [3.63, 3.8) is 0 Å². The van der Waals surface area contributed by atoms with Gasteiger partial charge in [-0.2, -0.15) is 0 Å². The van der Waals surface area contributed by atoms with Gasteiger partial charge in [-0.3, -0.25) is 9.69 Å². The number of hydrogen-bond acceptors (Lipinski definition) is 3. The minimum absolute atomic E-state index is 0. The summed E-state index contributed by atoms with van der Waals surface area (Å²) < 4.78 is 0. The first-order chi connectivity index (χ1) is 9.15.